The van der Waals surface area contributed by atoms with Crippen molar-refractivity contribution in [1.29, 1.82) is 0 Å². The maximum atomic E-state index is 10.9. The molecule has 0 spiro atoms. The lowest BCUT2D eigenvalue weighted by Gasteiger charge is -2.08. The van der Waals surface area contributed by atoms with Gasteiger partial charge in [0.15, 0.2) is 0 Å². The van der Waals surface area contributed by atoms with E-state index in [0.29, 0.717) is 23.9 Å². The second-order valence-electron chi connectivity index (χ2n) is 3.45. The summed E-state index contributed by atoms with van der Waals surface area (Å²) >= 11 is 6.05. The van der Waals surface area contributed by atoms with E-state index >= 15 is 0 Å². The molecule has 0 aliphatic rings. The third-order valence-corrected chi connectivity index (χ3v) is 2.52. The van der Waals surface area contributed by atoms with Gasteiger partial charge in [0.1, 0.15) is 5.75 Å². The van der Waals surface area contributed by atoms with Gasteiger partial charge in [0.05, 0.1) is 11.6 Å². The summed E-state index contributed by atoms with van der Waals surface area (Å²) in [6, 6.07) is 5.48. The average Bonchev–Trinajstić information content (AvgIpc) is 2.32. The molecule has 0 aromatic heterocycles. The Labute approximate surface area is 106 Å². The van der Waals surface area contributed by atoms with Crippen LogP contribution in [0.2, 0.25) is 5.02 Å². The minimum atomic E-state index is -0.179. The summed E-state index contributed by atoms with van der Waals surface area (Å²) < 4.78 is 5.34. The molecule has 1 aromatic carbocycles. The summed E-state index contributed by atoms with van der Waals surface area (Å²) in [5.41, 5.74) is 1.06. The highest BCUT2D eigenvalue weighted by atomic mass is 35.5. The maximum Gasteiger partial charge on any atom is 0.314 e. The van der Waals surface area contributed by atoms with Gasteiger partial charge in [-0.2, -0.15) is 0 Å². The number of hydrogen-bond donors (Lipinski definition) is 2. The molecule has 1 rings (SSSR count). The average molecular weight is 257 g/mol. The summed E-state index contributed by atoms with van der Waals surface area (Å²) in [6.07, 6.45) is 0.736. The minimum Gasteiger partial charge on any atom is -0.492 e. The lowest BCUT2D eigenvalue weighted by molar-refractivity contribution is 0.243. The van der Waals surface area contributed by atoms with Crippen LogP contribution in [0.5, 0.6) is 5.75 Å². The molecule has 0 radical (unpaired) electrons. The number of hydrogen-bond acceptors (Lipinski definition) is 2. The summed E-state index contributed by atoms with van der Waals surface area (Å²) in [4.78, 5) is 10.9. The molecule has 5 heteroatoms. The van der Waals surface area contributed by atoms with Crippen LogP contribution in [0.15, 0.2) is 18.2 Å². The van der Waals surface area contributed by atoms with Gasteiger partial charge < -0.3 is 15.4 Å². The van der Waals surface area contributed by atoms with E-state index in [1.807, 2.05) is 25.1 Å². The number of halogens is 1. The van der Waals surface area contributed by atoms with Crippen LogP contribution in [0.3, 0.4) is 0 Å². The van der Waals surface area contributed by atoms with Crippen LogP contribution < -0.4 is 15.4 Å². The van der Waals surface area contributed by atoms with Crippen LogP contribution in [-0.4, -0.2) is 26.2 Å². The van der Waals surface area contributed by atoms with Crippen molar-refractivity contribution >= 4 is 17.6 Å². The van der Waals surface area contributed by atoms with Crippen LogP contribution in [0.1, 0.15) is 12.5 Å². The Morgan fingerprint density at radius 2 is 2.24 bits per heavy atom. The summed E-state index contributed by atoms with van der Waals surface area (Å²) in [5.74, 6) is 0.692. The van der Waals surface area contributed by atoms with Crippen molar-refractivity contribution in [2.45, 2.75) is 13.3 Å². The van der Waals surface area contributed by atoms with Gasteiger partial charge in [0.25, 0.3) is 0 Å². The third kappa shape index (κ3) is 4.53. The molecule has 0 aliphatic heterocycles. The standard InChI is InChI=1S/C12H17ClN2O2/c1-3-17-11-5-4-9(8-10(11)13)6-7-15-12(16)14-2/h4-5,8H,3,6-7H2,1-2H3,(H2,14,15,16). The Kier molecular flexibility index (Phi) is 5.63. The number of rotatable bonds is 5. The Morgan fingerprint density at radius 1 is 1.47 bits per heavy atom. The van der Waals surface area contributed by atoms with E-state index in [1.54, 1.807) is 7.05 Å². The number of amides is 2. The quantitative estimate of drug-likeness (QED) is 0.849. The van der Waals surface area contributed by atoms with E-state index in [9.17, 15) is 4.79 Å². The predicted octanol–water partition coefficient (Wildman–Crippen LogP) is 2.21. The van der Waals surface area contributed by atoms with Crippen molar-refractivity contribution in [3.63, 3.8) is 0 Å². The molecule has 1 aromatic rings. The van der Waals surface area contributed by atoms with Crippen LogP contribution in [-0.2, 0) is 6.42 Å². The zero-order valence-corrected chi connectivity index (χ0v) is 10.8. The second-order valence-corrected chi connectivity index (χ2v) is 3.86. The molecule has 0 saturated carbocycles. The molecule has 0 unspecified atom stereocenters. The van der Waals surface area contributed by atoms with Crippen LogP contribution >= 0.6 is 11.6 Å². The van der Waals surface area contributed by atoms with Crippen LogP contribution in [0, 0.1) is 0 Å². The van der Waals surface area contributed by atoms with E-state index in [0.717, 1.165) is 12.0 Å². The first-order chi connectivity index (χ1) is 8.17. The fourth-order valence-corrected chi connectivity index (χ4v) is 1.64. The molecule has 4 nitrogen and oxygen atoms in total. The van der Waals surface area contributed by atoms with E-state index in [-0.39, 0.29) is 6.03 Å². The first-order valence-electron chi connectivity index (χ1n) is 5.54. The molecule has 0 bridgehead atoms. The fraction of sp³-hybridized carbons (Fsp3) is 0.417. The smallest absolute Gasteiger partial charge is 0.314 e. The highest BCUT2D eigenvalue weighted by Crippen LogP contribution is 2.25. The van der Waals surface area contributed by atoms with Crippen LogP contribution in [0.25, 0.3) is 0 Å². The van der Waals surface area contributed by atoms with Gasteiger partial charge in [0, 0.05) is 13.6 Å². The number of ether oxygens (including phenoxy) is 1. The molecule has 17 heavy (non-hydrogen) atoms. The lowest BCUT2D eigenvalue weighted by atomic mass is 10.1. The fourth-order valence-electron chi connectivity index (χ4n) is 1.38. The van der Waals surface area contributed by atoms with Crippen molar-refractivity contribution in [1.82, 2.24) is 10.6 Å². The predicted molar refractivity (Wildman–Crippen MR) is 68.8 cm³/mol. The van der Waals surface area contributed by atoms with E-state index in [1.165, 1.54) is 0 Å². The normalized spacial score (nSPS) is 9.82. The first-order valence-corrected chi connectivity index (χ1v) is 5.92. The van der Waals surface area contributed by atoms with Gasteiger partial charge >= 0.3 is 6.03 Å². The first kappa shape index (κ1) is 13.6. The number of benzene rings is 1. The minimum absolute atomic E-state index is 0.179. The van der Waals surface area contributed by atoms with E-state index in [2.05, 4.69) is 10.6 Å². The molecule has 2 amide bonds. The largest absolute Gasteiger partial charge is 0.492 e. The van der Waals surface area contributed by atoms with Gasteiger partial charge in [-0.1, -0.05) is 17.7 Å². The highest BCUT2D eigenvalue weighted by molar-refractivity contribution is 6.32. The van der Waals surface area contributed by atoms with Crippen molar-refractivity contribution in [3.05, 3.63) is 28.8 Å². The summed E-state index contributed by atoms with van der Waals surface area (Å²) in [5, 5.41) is 5.81. The van der Waals surface area contributed by atoms with Crippen molar-refractivity contribution < 1.29 is 9.53 Å². The van der Waals surface area contributed by atoms with Gasteiger partial charge in [-0.25, -0.2) is 4.79 Å². The summed E-state index contributed by atoms with van der Waals surface area (Å²) in [6.45, 7) is 3.08. The maximum absolute atomic E-state index is 10.9. The number of nitrogens with one attached hydrogen (secondary N) is 2. The molecule has 0 atom stereocenters. The van der Waals surface area contributed by atoms with E-state index in [4.69, 9.17) is 16.3 Å². The molecule has 0 heterocycles. The van der Waals surface area contributed by atoms with Gasteiger partial charge in [0.2, 0.25) is 0 Å². The Balaban J connectivity index is 2.50. The van der Waals surface area contributed by atoms with Crippen molar-refractivity contribution in [2.75, 3.05) is 20.2 Å². The molecular weight excluding hydrogens is 240 g/mol. The molecule has 0 fully saturated rings. The molecule has 0 aliphatic carbocycles. The number of carbonyl (C=O) groups excluding carboxylic acids is 1. The monoisotopic (exact) mass is 256 g/mol. The molecule has 2 N–H and O–H groups in total. The SMILES string of the molecule is CCOc1ccc(CCNC(=O)NC)cc1Cl. The number of carbonyl (C=O) groups is 1. The summed E-state index contributed by atoms with van der Waals surface area (Å²) in [7, 11) is 1.59. The topological polar surface area (TPSA) is 50.4 Å². The lowest BCUT2D eigenvalue weighted by Crippen LogP contribution is -2.33. The Hall–Kier alpha value is -1.42. The third-order valence-electron chi connectivity index (χ3n) is 2.22. The highest BCUT2D eigenvalue weighted by Gasteiger charge is 2.03. The van der Waals surface area contributed by atoms with Crippen LogP contribution in [0.4, 0.5) is 4.79 Å². The molecule has 94 valence electrons. The van der Waals surface area contributed by atoms with Gasteiger partial charge in [-0.15, -0.1) is 0 Å². The van der Waals surface area contributed by atoms with Crippen molar-refractivity contribution in [2.24, 2.45) is 0 Å². The van der Waals surface area contributed by atoms with Crippen molar-refractivity contribution in [3.8, 4) is 5.75 Å². The Morgan fingerprint density at radius 3 is 2.82 bits per heavy atom. The second kappa shape index (κ2) is 7.01. The zero-order valence-electron chi connectivity index (χ0n) is 10.0. The Bertz CT molecular complexity index is 383. The van der Waals surface area contributed by atoms with E-state index < -0.39 is 0 Å². The molecular formula is C12H17ClN2O2. The van der Waals surface area contributed by atoms with Gasteiger partial charge in [-0.3, -0.25) is 0 Å². The van der Waals surface area contributed by atoms with Gasteiger partial charge in [-0.05, 0) is 31.0 Å². The molecule has 0 saturated heterocycles. The zero-order chi connectivity index (χ0) is 12.7. The number of urea groups is 1.